The van der Waals surface area contributed by atoms with E-state index >= 15 is 0 Å². The Morgan fingerprint density at radius 1 is 1.14 bits per heavy atom. The monoisotopic (exact) mass is 308 g/mol. The maximum Gasteiger partial charge on any atom is 0.148 e. The zero-order valence-corrected chi connectivity index (χ0v) is 12.8. The van der Waals surface area contributed by atoms with Gasteiger partial charge in [0.05, 0.1) is 5.69 Å². The lowest BCUT2D eigenvalue weighted by atomic mass is 10.3. The van der Waals surface area contributed by atoms with E-state index in [0.29, 0.717) is 28.8 Å². The molecule has 2 aromatic rings. The zero-order valence-electron chi connectivity index (χ0n) is 12.1. The molecule has 0 fully saturated rings. The van der Waals surface area contributed by atoms with Gasteiger partial charge in [-0.25, -0.2) is 14.4 Å². The molecule has 0 bridgehead atoms. The summed E-state index contributed by atoms with van der Waals surface area (Å²) < 4.78 is 13.8. The molecule has 0 aliphatic carbocycles. The third-order valence-electron chi connectivity index (χ3n) is 2.84. The van der Waals surface area contributed by atoms with Gasteiger partial charge in [0.1, 0.15) is 23.3 Å². The first-order chi connectivity index (χ1) is 10.1. The van der Waals surface area contributed by atoms with Gasteiger partial charge in [-0.3, -0.25) is 0 Å². The molecule has 0 aliphatic rings. The van der Waals surface area contributed by atoms with Gasteiger partial charge >= 0.3 is 0 Å². The molecule has 112 valence electrons. The van der Waals surface area contributed by atoms with Crippen LogP contribution in [0.2, 0.25) is 5.02 Å². The fraction of sp³-hybridized carbons (Fsp3) is 0.333. The number of halogens is 2. The number of nitrogens with one attached hydrogen (secondary N) is 2. The largest absolute Gasteiger partial charge is 0.370 e. The molecular formula is C15H18ClFN4. The van der Waals surface area contributed by atoms with Crippen molar-refractivity contribution < 1.29 is 4.39 Å². The maximum atomic E-state index is 13.8. The van der Waals surface area contributed by atoms with Crippen molar-refractivity contribution in [3.8, 4) is 0 Å². The van der Waals surface area contributed by atoms with E-state index in [1.807, 2.05) is 6.92 Å². The van der Waals surface area contributed by atoms with Crippen LogP contribution in [-0.4, -0.2) is 16.5 Å². The highest BCUT2D eigenvalue weighted by Crippen LogP contribution is 2.23. The molecule has 0 atom stereocenters. The van der Waals surface area contributed by atoms with Crippen LogP contribution in [0.3, 0.4) is 0 Å². The number of hydrogen-bond donors (Lipinski definition) is 2. The first-order valence-electron chi connectivity index (χ1n) is 6.96. The summed E-state index contributed by atoms with van der Waals surface area (Å²) in [4.78, 5) is 8.75. The second kappa shape index (κ2) is 7.22. The van der Waals surface area contributed by atoms with Crippen molar-refractivity contribution in [1.29, 1.82) is 0 Å². The fourth-order valence-corrected chi connectivity index (χ4v) is 1.95. The molecule has 21 heavy (non-hydrogen) atoms. The minimum Gasteiger partial charge on any atom is -0.370 e. The highest BCUT2D eigenvalue weighted by atomic mass is 35.5. The van der Waals surface area contributed by atoms with Crippen molar-refractivity contribution in [2.75, 3.05) is 17.2 Å². The molecule has 1 aromatic heterocycles. The van der Waals surface area contributed by atoms with Crippen LogP contribution < -0.4 is 10.6 Å². The molecule has 0 spiro atoms. The summed E-state index contributed by atoms with van der Waals surface area (Å²) in [5.41, 5.74) is 0.335. The van der Waals surface area contributed by atoms with E-state index in [0.717, 1.165) is 18.8 Å². The Bertz CT molecular complexity index is 619. The molecule has 1 heterocycles. The van der Waals surface area contributed by atoms with E-state index in [4.69, 9.17) is 11.6 Å². The SMILES string of the molecule is CCCNc1cc(Nc2ccc(Cl)cc2F)nc(CC)n1. The van der Waals surface area contributed by atoms with Crippen LogP contribution in [0.15, 0.2) is 24.3 Å². The third-order valence-corrected chi connectivity index (χ3v) is 3.07. The van der Waals surface area contributed by atoms with E-state index in [-0.39, 0.29) is 0 Å². The zero-order chi connectivity index (χ0) is 15.2. The maximum absolute atomic E-state index is 13.8. The number of nitrogens with zero attached hydrogens (tertiary/aromatic N) is 2. The predicted octanol–water partition coefficient (Wildman–Crippen LogP) is 4.40. The number of rotatable bonds is 6. The Labute approximate surface area is 128 Å². The van der Waals surface area contributed by atoms with Crippen LogP contribution in [0.5, 0.6) is 0 Å². The summed E-state index contributed by atoms with van der Waals surface area (Å²) in [7, 11) is 0. The number of hydrogen-bond acceptors (Lipinski definition) is 4. The second-order valence-electron chi connectivity index (χ2n) is 4.58. The lowest BCUT2D eigenvalue weighted by Gasteiger charge is -2.11. The average molecular weight is 309 g/mol. The van der Waals surface area contributed by atoms with Crippen molar-refractivity contribution in [3.05, 3.63) is 40.9 Å². The number of aromatic nitrogens is 2. The van der Waals surface area contributed by atoms with Crippen LogP contribution >= 0.6 is 11.6 Å². The number of anilines is 3. The predicted molar refractivity (Wildman–Crippen MR) is 84.9 cm³/mol. The summed E-state index contributed by atoms with van der Waals surface area (Å²) in [6, 6.07) is 6.25. The Hall–Kier alpha value is -1.88. The Kier molecular flexibility index (Phi) is 5.33. The molecule has 1 aromatic carbocycles. The van der Waals surface area contributed by atoms with Crippen molar-refractivity contribution >= 4 is 28.9 Å². The lowest BCUT2D eigenvalue weighted by Crippen LogP contribution is -2.07. The summed E-state index contributed by atoms with van der Waals surface area (Å²) >= 11 is 5.75. The molecule has 2 N–H and O–H groups in total. The van der Waals surface area contributed by atoms with Gasteiger partial charge in [0, 0.05) is 24.1 Å². The summed E-state index contributed by atoms with van der Waals surface area (Å²) in [6.45, 7) is 4.89. The van der Waals surface area contributed by atoms with Gasteiger partial charge in [-0.2, -0.15) is 0 Å². The van der Waals surface area contributed by atoms with E-state index in [1.165, 1.54) is 6.07 Å². The summed E-state index contributed by atoms with van der Waals surface area (Å²) in [5, 5.41) is 6.54. The normalized spacial score (nSPS) is 10.5. The summed E-state index contributed by atoms with van der Waals surface area (Å²) in [5.74, 6) is 1.58. The van der Waals surface area contributed by atoms with Crippen molar-refractivity contribution in [2.45, 2.75) is 26.7 Å². The van der Waals surface area contributed by atoms with Crippen molar-refractivity contribution in [3.63, 3.8) is 0 Å². The molecular weight excluding hydrogens is 291 g/mol. The number of benzene rings is 1. The standard InChI is InChI=1S/C15H18ClFN4/c1-3-7-18-14-9-15(21-13(4-2)20-14)19-12-6-5-10(16)8-11(12)17/h5-6,8-9H,3-4,7H2,1-2H3,(H2,18,19,20,21). The molecule has 2 rings (SSSR count). The van der Waals surface area contributed by atoms with Crippen LogP contribution in [0.1, 0.15) is 26.1 Å². The van der Waals surface area contributed by atoms with Gasteiger partial charge in [0.15, 0.2) is 0 Å². The van der Waals surface area contributed by atoms with E-state index in [1.54, 1.807) is 18.2 Å². The fourth-order valence-electron chi connectivity index (χ4n) is 1.79. The molecule has 0 radical (unpaired) electrons. The minimum absolute atomic E-state index is 0.335. The first-order valence-corrected chi connectivity index (χ1v) is 7.34. The second-order valence-corrected chi connectivity index (χ2v) is 5.02. The van der Waals surface area contributed by atoms with Gasteiger partial charge in [-0.1, -0.05) is 25.4 Å². The first kappa shape index (κ1) is 15.5. The van der Waals surface area contributed by atoms with E-state index < -0.39 is 5.82 Å². The quantitative estimate of drug-likeness (QED) is 0.830. The molecule has 0 amide bonds. The van der Waals surface area contributed by atoms with Crippen LogP contribution in [-0.2, 0) is 6.42 Å². The molecule has 0 aliphatic heterocycles. The minimum atomic E-state index is -0.415. The van der Waals surface area contributed by atoms with Crippen LogP contribution in [0.4, 0.5) is 21.7 Å². The van der Waals surface area contributed by atoms with Gasteiger partial charge in [-0.15, -0.1) is 0 Å². The smallest absolute Gasteiger partial charge is 0.148 e. The molecule has 0 saturated heterocycles. The Morgan fingerprint density at radius 3 is 2.57 bits per heavy atom. The Morgan fingerprint density at radius 2 is 1.90 bits per heavy atom. The van der Waals surface area contributed by atoms with Gasteiger partial charge < -0.3 is 10.6 Å². The van der Waals surface area contributed by atoms with Gasteiger partial charge in [0.25, 0.3) is 0 Å². The van der Waals surface area contributed by atoms with Gasteiger partial charge in [-0.05, 0) is 24.6 Å². The molecule has 0 unspecified atom stereocenters. The topological polar surface area (TPSA) is 49.8 Å². The van der Waals surface area contributed by atoms with Crippen LogP contribution in [0.25, 0.3) is 0 Å². The molecule has 0 saturated carbocycles. The lowest BCUT2D eigenvalue weighted by molar-refractivity contribution is 0.632. The Balaban J connectivity index is 2.25. The van der Waals surface area contributed by atoms with Gasteiger partial charge in [0.2, 0.25) is 0 Å². The van der Waals surface area contributed by atoms with Crippen molar-refractivity contribution in [2.24, 2.45) is 0 Å². The molecule has 6 heteroatoms. The highest BCUT2D eigenvalue weighted by molar-refractivity contribution is 6.30. The highest BCUT2D eigenvalue weighted by Gasteiger charge is 2.07. The average Bonchev–Trinajstić information content (AvgIpc) is 2.48. The molecule has 4 nitrogen and oxygen atoms in total. The van der Waals surface area contributed by atoms with E-state index in [2.05, 4.69) is 27.5 Å². The van der Waals surface area contributed by atoms with Crippen LogP contribution in [0, 0.1) is 5.82 Å². The van der Waals surface area contributed by atoms with Crippen molar-refractivity contribution in [1.82, 2.24) is 9.97 Å². The number of aryl methyl sites for hydroxylation is 1. The van der Waals surface area contributed by atoms with E-state index in [9.17, 15) is 4.39 Å². The summed E-state index contributed by atoms with van der Waals surface area (Å²) in [6.07, 6.45) is 1.71. The third kappa shape index (κ3) is 4.29.